The van der Waals surface area contributed by atoms with Crippen LogP contribution in [0.15, 0.2) is 18.6 Å². The molecular formula is C20H26N8O2. The van der Waals surface area contributed by atoms with E-state index in [-0.39, 0.29) is 17.4 Å². The molecule has 10 nitrogen and oxygen atoms in total. The molecule has 1 saturated heterocycles. The minimum Gasteiger partial charge on any atom is -0.477 e. The number of anilines is 2. The molecule has 3 aromatic heterocycles. The molecule has 1 atom stereocenters. The van der Waals surface area contributed by atoms with Gasteiger partial charge in [-0.1, -0.05) is 0 Å². The Labute approximate surface area is 174 Å². The fourth-order valence-corrected chi connectivity index (χ4v) is 3.58. The van der Waals surface area contributed by atoms with E-state index < -0.39 is 0 Å². The number of carbonyl (C=O) groups excluding carboxylic acids is 1. The molecule has 1 fully saturated rings. The summed E-state index contributed by atoms with van der Waals surface area (Å²) in [6.07, 6.45) is 6.15. The maximum Gasteiger partial charge on any atom is 0.263 e. The van der Waals surface area contributed by atoms with Crippen LogP contribution in [-0.2, 0) is 0 Å². The third-order valence-electron chi connectivity index (χ3n) is 5.13. The van der Waals surface area contributed by atoms with E-state index in [9.17, 15) is 4.79 Å². The summed E-state index contributed by atoms with van der Waals surface area (Å²) >= 11 is 0. The Hall–Kier alpha value is -3.27. The van der Waals surface area contributed by atoms with Gasteiger partial charge in [-0.05, 0) is 33.7 Å². The van der Waals surface area contributed by atoms with Crippen molar-refractivity contribution in [3.05, 3.63) is 35.5 Å². The molecule has 0 aromatic carbocycles. The van der Waals surface area contributed by atoms with Crippen LogP contribution in [0.4, 0.5) is 11.8 Å². The molecule has 0 spiro atoms. The molecule has 0 bridgehead atoms. The molecule has 3 aromatic rings. The third kappa shape index (κ3) is 3.90. The summed E-state index contributed by atoms with van der Waals surface area (Å²) in [6.45, 7) is 7.87. The van der Waals surface area contributed by atoms with Gasteiger partial charge >= 0.3 is 0 Å². The van der Waals surface area contributed by atoms with E-state index >= 15 is 0 Å². The Morgan fingerprint density at radius 2 is 2.17 bits per heavy atom. The van der Waals surface area contributed by atoms with Crippen molar-refractivity contribution in [3.8, 4) is 5.88 Å². The SMILES string of the molecule is CCOc1nc(N(C)C2CCNC2)ncc1C(=O)Nc1cn2cc(C)nc2c(C)n1. The van der Waals surface area contributed by atoms with E-state index in [0.29, 0.717) is 24.4 Å². The van der Waals surface area contributed by atoms with Gasteiger partial charge in [-0.3, -0.25) is 4.79 Å². The predicted octanol–water partition coefficient (Wildman–Crippen LogP) is 1.59. The number of imidazole rings is 1. The van der Waals surface area contributed by atoms with Gasteiger partial charge in [0, 0.05) is 32.0 Å². The molecule has 158 valence electrons. The van der Waals surface area contributed by atoms with Crippen molar-refractivity contribution >= 4 is 23.3 Å². The lowest BCUT2D eigenvalue weighted by Crippen LogP contribution is -2.34. The van der Waals surface area contributed by atoms with Crippen LogP contribution in [0, 0.1) is 13.8 Å². The van der Waals surface area contributed by atoms with Crippen molar-refractivity contribution in [1.82, 2.24) is 29.7 Å². The number of ether oxygens (including phenoxy) is 1. The molecule has 4 rings (SSSR count). The molecule has 1 amide bonds. The average molecular weight is 410 g/mol. The van der Waals surface area contributed by atoms with Crippen molar-refractivity contribution in [1.29, 1.82) is 0 Å². The maximum absolute atomic E-state index is 12.9. The van der Waals surface area contributed by atoms with E-state index in [1.807, 2.05) is 43.3 Å². The summed E-state index contributed by atoms with van der Waals surface area (Å²) in [5.74, 6) is 0.836. The number of fused-ring (bicyclic) bond motifs is 1. The average Bonchev–Trinajstić information content (AvgIpc) is 3.37. The summed E-state index contributed by atoms with van der Waals surface area (Å²) in [6, 6.07) is 0.316. The van der Waals surface area contributed by atoms with Gasteiger partial charge in [-0.2, -0.15) is 4.98 Å². The quantitative estimate of drug-likeness (QED) is 0.630. The molecule has 1 aliphatic rings. The van der Waals surface area contributed by atoms with Crippen LogP contribution in [0.5, 0.6) is 5.88 Å². The Kier molecular flexibility index (Phi) is 5.49. The second-order valence-electron chi connectivity index (χ2n) is 7.36. The summed E-state index contributed by atoms with van der Waals surface area (Å²) in [5, 5.41) is 6.15. The van der Waals surface area contributed by atoms with Gasteiger partial charge in [0.25, 0.3) is 5.91 Å². The van der Waals surface area contributed by atoms with Gasteiger partial charge in [0.15, 0.2) is 5.65 Å². The Bertz CT molecular complexity index is 1070. The standard InChI is InChI=1S/C20H26N8O2/c1-5-30-19-15(9-22-20(26-19)27(4)14-6-7-21-8-14)18(29)25-16-11-28-10-12(2)23-17(28)13(3)24-16/h9-11,14,21H,5-8H2,1-4H3,(H,25,29). The van der Waals surface area contributed by atoms with Crippen LogP contribution in [0.25, 0.3) is 5.65 Å². The third-order valence-corrected chi connectivity index (χ3v) is 5.13. The van der Waals surface area contributed by atoms with Crippen LogP contribution < -0.4 is 20.3 Å². The van der Waals surface area contributed by atoms with Gasteiger partial charge in [-0.15, -0.1) is 0 Å². The van der Waals surface area contributed by atoms with E-state index in [1.54, 1.807) is 6.20 Å². The molecule has 0 aliphatic carbocycles. The summed E-state index contributed by atoms with van der Waals surface area (Å²) in [4.78, 5) is 32.7. The zero-order chi connectivity index (χ0) is 21.3. The number of amides is 1. The zero-order valence-electron chi connectivity index (χ0n) is 17.6. The molecular weight excluding hydrogens is 384 g/mol. The zero-order valence-corrected chi connectivity index (χ0v) is 17.6. The minimum absolute atomic E-state index is 0.258. The number of nitrogens with one attached hydrogen (secondary N) is 2. The monoisotopic (exact) mass is 410 g/mol. The van der Waals surface area contributed by atoms with Crippen molar-refractivity contribution in [2.24, 2.45) is 0 Å². The molecule has 30 heavy (non-hydrogen) atoms. The Balaban J connectivity index is 1.59. The Morgan fingerprint density at radius 1 is 1.33 bits per heavy atom. The second-order valence-corrected chi connectivity index (χ2v) is 7.36. The number of rotatable bonds is 6. The fourth-order valence-electron chi connectivity index (χ4n) is 3.58. The van der Waals surface area contributed by atoms with Crippen LogP contribution in [0.3, 0.4) is 0 Å². The van der Waals surface area contributed by atoms with Crippen LogP contribution in [0.2, 0.25) is 0 Å². The largest absolute Gasteiger partial charge is 0.477 e. The number of hydrogen-bond acceptors (Lipinski definition) is 8. The fraction of sp³-hybridized carbons (Fsp3) is 0.450. The smallest absolute Gasteiger partial charge is 0.263 e. The molecule has 1 aliphatic heterocycles. The first-order valence-corrected chi connectivity index (χ1v) is 10.0. The van der Waals surface area contributed by atoms with Crippen LogP contribution >= 0.6 is 0 Å². The van der Waals surface area contributed by atoms with E-state index in [4.69, 9.17) is 4.74 Å². The lowest BCUT2D eigenvalue weighted by atomic mass is 10.2. The van der Waals surface area contributed by atoms with Gasteiger partial charge < -0.3 is 24.7 Å². The first-order valence-electron chi connectivity index (χ1n) is 10.0. The molecule has 10 heteroatoms. The number of nitrogens with zero attached hydrogens (tertiary/aromatic N) is 6. The first kappa shape index (κ1) is 20.0. The van der Waals surface area contributed by atoms with Crippen LogP contribution in [-0.4, -0.2) is 63.0 Å². The predicted molar refractivity (Wildman–Crippen MR) is 113 cm³/mol. The summed E-state index contributed by atoms with van der Waals surface area (Å²) in [5.41, 5.74) is 2.63. The number of carbonyl (C=O) groups is 1. The number of hydrogen-bond donors (Lipinski definition) is 2. The van der Waals surface area contributed by atoms with Gasteiger partial charge in [0.2, 0.25) is 11.8 Å². The highest BCUT2D eigenvalue weighted by Crippen LogP contribution is 2.22. The van der Waals surface area contributed by atoms with E-state index in [0.717, 1.165) is 36.5 Å². The maximum atomic E-state index is 12.9. The lowest BCUT2D eigenvalue weighted by Gasteiger charge is -2.24. The van der Waals surface area contributed by atoms with Crippen molar-refractivity contribution in [3.63, 3.8) is 0 Å². The summed E-state index contributed by atoms with van der Waals surface area (Å²) in [7, 11) is 1.96. The highest BCUT2D eigenvalue weighted by Gasteiger charge is 2.24. The van der Waals surface area contributed by atoms with Crippen LogP contribution in [0.1, 0.15) is 35.1 Å². The molecule has 0 saturated carbocycles. The first-order chi connectivity index (χ1) is 14.5. The Morgan fingerprint density at radius 3 is 2.90 bits per heavy atom. The lowest BCUT2D eigenvalue weighted by molar-refractivity contribution is 0.102. The normalized spacial score (nSPS) is 16.1. The molecule has 0 radical (unpaired) electrons. The van der Waals surface area contributed by atoms with Gasteiger partial charge in [0.1, 0.15) is 11.4 Å². The highest BCUT2D eigenvalue weighted by atomic mass is 16.5. The molecule has 4 heterocycles. The van der Waals surface area contributed by atoms with Crippen molar-refractivity contribution in [2.45, 2.75) is 33.2 Å². The van der Waals surface area contributed by atoms with E-state index in [1.165, 1.54) is 6.20 Å². The van der Waals surface area contributed by atoms with Crippen molar-refractivity contribution < 1.29 is 9.53 Å². The summed E-state index contributed by atoms with van der Waals surface area (Å²) < 4.78 is 7.50. The second kappa shape index (κ2) is 8.23. The molecule has 2 N–H and O–H groups in total. The van der Waals surface area contributed by atoms with E-state index in [2.05, 4.69) is 30.6 Å². The minimum atomic E-state index is -0.377. The number of likely N-dealkylation sites (N-methyl/N-ethyl adjacent to an activating group) is 1. The van der Waals surface area contributed by atoms with Crippen molar-refractivity contribution in [2.75, 3.05) is 37.0 Å². The van der Waals surface area contributed by atoms with Gasteiger partial charge in [-0.25, -0.2) is 15.0 Å². The molecule has 1 unspecified atom stereocenters. The number of aromatic nitrogens is 5. The van der Waals surface area contributed by atoms with Gasteiger partial charge in [0.05, 0.1) is 24.2 Å². The topological polar surface area (TPSA) is 110 Å². The number of aryl methyl sites for hydroxylation is 2. The highest BCUT2D eigenvalue weighted by molar-refractivity contribution is 6.05.